The number of hydrogen-bond acceptors (Lipinski definition) is 8. The smallest absolute Gasteiger partial charge is 0.308 e. The van der Waals surface area contributed by atoms with Gasteiger partial charge in [-0.3, -0.25) is 14.5 Å². The Morgan fingerprint density at radius 2 is 1.68 bits per heavy atom. The van der Waals surface area contributed by atoms with Crippen molar-refractivity contribution in [2.24, 2.45) is 5.92 Å². The number of ether oxygens (including phenoxy) is 5. The summed E-state index contributed by atoms with van der Waals surface area (Å²) in [6, 6.07) is 10.3. The monoisotopic (exact) mass is 570 g/mol. The Kier molecular flexibility index (Phi) is 10.6. The normalized spacial score (nSPS) is 19.7. The predicted octanol–water partition coefficient (Wildman–Crippen LogP) is 4.41. The van der Waals surface area contributed by atoms with Gasteiger partial charge < -0.3 is 33.7 Å². The molecule has 0 aromatic heterocycles. The fourth-order valence-electron chi connectivity index (χ4n) is 5.65. The second kappa shape index (κ2) is 14.3. The molecular weight excluding hydrogens is 528 g/mol. The minimum atomic E-state index is -0.955. The average molecular weight is 571 g/mol. The average Bonchev–Trinajstić information content (AvgIpc) is 3.60. The molecule has 1 amide bonds. The third-order valence-corrected chi connectivity index (χ3v) is 7.88. The number of carbonyl (C=O) groups excluding carboxylic acids is 1. The molecule has 41 heavy (non-hydrogen) atoms. The van der Waals surface area contributed by atoms with E-state index in [9.17, 15) is 14.7 Å². The van der Waals surface area contributed by atoms with Crippen LogP contribution >= 0.6 is 0 Å². The van der Waals surface area contributed by atoms with Crippen LogP contribution in [0.4, 0.5) is 0 Å². The van der Waals surface area contributed by atoms with Crippen LogP contribution in [0.25, 0.3) is 0 Å². The number of hydrogen-bond donors (Lipinski definition) is 1. The Bertz CT molecular complexity index is 1180. The first-order chi connectivity index (χ1) is 19.9. The number of nitrogens with zero attached hydrogens (tertiary/aromatic N) is 2. The number of carboxylic acids is 1. The summed E-state index contributed by atoms with van der Waals surface area (Å²) in [6.45, 7) is 6.21. The molecule has 1 unspecified atom stereocenters. The maximum Gasteiger partial charge on any atom is 0.308 e. The molecule has 1 N–H and O–H groups in total. The lowest BCUT2D eigenvalue weighted by Crippen LogP contribution is -2.46. The van der Waals surface area contributed by atoms with E-state index in [1.807, 2.05) is 34.1 Å². The van der Waals surface area contributed by atoms with Gasteiger partial charge in [0.05, 0.1) is 32.7 Å². The van der Waals surface area contributed by atoms with E-state index in [4.69, 9.17) is 23.7 Å². The van der Waals surface area contributed by atoms with Crippen LogP contribution in [0.1, 0.15) is 51.0 Å². The number of carboxylic acid groups (broad SMARTS) is 1. The maximum atomic E-state index is 13.6. The van der Waals surface area contributed by atoms with Gasteiger partial charge in [0.2, 0.25) is 18.4 Å². The Balaban J connectivity index is 1.66. The first-order valence-corrected chi connectivity index (χ1v) is 14.4. The topological polar surface area (TPSA) is 107 Å². The van der Waals surface area contributed by atoms with Crippen LogP contribution in [0.2, 0.25) is 0 Å². The van der Waals surface area contributed by atoms with Crippen LogP contribution in [0, 0.1) is 5.92 Å². The quantitative estimate of drug-likeness (QED) is 0.333. The fraction of sp³-hybridized carbons (Fsp3) is 0.548. The number of aliphatic carboxylic acids is 1. The van der Waals surface area contributed by atoms with Crippen LogP contribution in [0.15, 0.2) is 36.4 Å². The Labute approximate surface area is 242 Å². The van der Waals surface area contributed by atoms with Gasteiger partial charge in [0.25, 0.3) is 0 Å². The van der Waals surface area contributed by atoms with E-state index < -0.39 is 23.8 Å². The zero-order chi connectivity index (χ0) is 29.4. The van der Waals surface area contributed by atoms with E-state index in [-0.39, 0.29) is 25.9 Å². The molecule has 2 aromatic rings. The lowest BCUT2D eigenvalue weighted by atomic mass is 9.85. The van der Waals surface area contributed by atoms with Gasteiger partial charge >= 0.3 is 5.97 Å². The molecule has 10 heteroatoms. The molecule has 0 saturated carbocycles. The molecule has 10 nitrogen and oxygen atoms in total. The van der Waals surface area contributed by atoms with Crippen LogP contribution < -0.4 is 23.7 Å². The van der Waals surface area contributed by atoms with Gasteiger partial charge in [-0.25, -0.2) is 0 Å². The molecule has 0 spiro atoms. The Morgan fingerprint density at radius 3 is 2.32 bits per heavy atom. The molecule has 1 saturated heterocycles. The number of amides is 1. The second-order valence-corrected chi connectivity index (χ2v) is 10.5. The minimum absolute atomic E-state index is 0.00208. The Hall–Kier alpha value is -3.66. The summed E-state index contributed by atoms with van der Waals surface area (Å²) in [4.78, 5) is 30.4. The molecule has 0 radical (unpaired) electrons. The molecule has 2 heterocycles. The van der Waals surface area contributed by atoms with E-state index in [1.54, 1.807) is 26.4 Å². The first kappa shape index (κ1) is 30.3. The summed E-state index contributed by atoms with van der Waals surface area (Å²) >= 11 is 0. The molecule has 2 aromatic carbocycles. The van der Waals surface area contributed by atoms with Gasteiger partial charge in [0.1, 0.15) is 6.61 Å². The lowest BCUT2D eigenvalue weighted by Gasteiger charge is -2.29. The third-order valence-electron chi connectivity index (χ3n) is 7.88. The molecule has 2 aliphatic rings. The summed E-state index contributed by atoms with van der Waals surface area (Å²) in [5.74, 6) is 0.356. The fourth-order valence-corrected chi connectivity index (χ4v) is 5.65. The van der Waals surface area contributed by atoms with Gasteiger partial charge in [-0.1, -0.05) is 38.8 Å². The number of methoxy groups -OCH3 is 2. The van der Waals surface area contributed by atoms with Crippen molar-refractivity contribution in [2.75, 3.05) is 53.8 Å². The highest BCUT2D eigenvalue weighted by atomic mass is 16.7. The van der Waals surface area contributed by atoms with Crippen molar-refractivity contribution in [1.82, 2.24) is 9.80 Å². The SMILES string of the molecule is CCCCN(CCCC)C(=O)CN1C[C@H](c2cc(OC)c3c(c2)OCO3)C(C(=O)O)[C@@H]1COc1ccccc1OC. The van der Waals surface area contributed by atoms with Gasteiger partial charge in [-0.05, 0) is 42.7 Å². The van der Waals surface area contributed by atoms with Gasteiger partial charge in [0.15, 0.2) is 23.0 Å². The number of fused-ring (bicyclic) bond motifs is 1. The molecule has 3 atom stereocenters. The van der Waals surface area contributed by atoms with Crippen molar-refractivity contribution < 1.29 is 38.4 Å². The van der Waals surface area contributed by atoms with Gasteiger partial charge in [-0.2, -0.15) is 0 Å². The van der Waals surface area contributed by atoms with E-state index in [0.717, 1.165) is 31.2 Å². The number of likely N-dealkylation sites (tertiary alicyclic amines) is 1. The summed E-state index contributed by atoms with van der Waals surface area (Å²) in [5.41, 5.74) is 0.754. The lowest BCUT2D eigenvalue weighted by molar-refractivity contribution is -0.144. The van der Waals surface area contributed by atoms with Gasteiger partial charge in [0, 0.05) is 25.6 Å². The predicted molar refractivity (Wildman–Crippen MR) is 153 cm³/mol. The largest absolute Gasteiger partial charge is 0.493 e. The molecular formula is C31H42N2O8. The molecule has 4 rings (SSSR count). The van der Waals surface area contributed by atoms with Crippen molar-refractivity contribution in [3.63, 3.8) is 0 Å². The maximum absolute atomic E-state index is 13.6. The molecule has 224 valence electrons. The van der Waals surface area contributed by atoms with Crippen LogP contribution in [-0.2, 0) is 9.59 Å². The molecule has 0 aliphatic carbocycles. The van der Waals surface area contributed by atoms with E-state index >= 15 is 0 Å². The summed E-state index contributed by atoms with van der Waals surface area (Å²) in [7, 11) is 3.10. The minimum Gasteiger partial charge on any atom is -0.493 e. The number of carbonyl (C=O) groups is 2. The zero-order valence-electron chi connectivity index (χ0n) is 24.5. The number of benzene rings is 2. The number of rotatable bonds is 15. The molecule has 2 aliphatic heterocycles. The summed E-state index contributed by atoms with van der Waals surface area (Å²) in [6.07, 6.45) is 3.83. The standard InChI is InChI=1S/C31H42N2O8/c1-5-7-13-32(14-8-6-2)28(34)18-33-17-22(21-15-26(38-4)30-27(16-21)40-20-41-30)29(31(35)36)23(33)19-39-25-12-10-9-11-24(25)37-3/h9-12,15-16,22-23,29H,5-8,13-14,17-20H2,1-4H3,(H,35,36)/t22-,23+,29?/m1/s1. The molecule has 1 fully saturated rings. The summed E-state index contributed by atoms with van der Waals surface area (Å²) < 4.78 is 28.3. The first-order valence-electron chi connectivity index (χ1n) is 14.4. The van der Waals surface area contributed by atoms with Crippen molar-refractivity contribution in [2.45, 2.75) is 51.5 Å². The van der Waals surface area contributed by atoms with Crippen molar-refractivity contribution in [3.8, 4) is 28.7 Å². The van der Waals surface area contributed by atoms with Crippen molar-refractivity contribution in [1.29, 1.82) is 0 Å². The van der Waals surface area contributed by atoms with Crippen molar-refractivity contribution >= 4 is 11.9 Å². The number of para-hydroxylation sites is 2. The van der Waals surface area contributed by atoms with Crippen molar-refractivity contribution in [3.05, 3.63) is 42.0 Å². The van der Waals surface area contributed by atoms with E-state index in [2.05, 4.69) is 13.8 Å². The van der Waals surface area contributed by atoms with E-state index in [0.29, 0.717) is 48.4 Å². The van der Waals surface area contributed by atoms with Gasteiger partial charge in [-0.15, -0.1) is 0 Å². The zero-order valence-corrected chi connectivity index (χ0v) is 24.5. The molecule has 0 bridgehead atoms. The summed E-state index contributed by atoms with van der Waals surface area (Å²) in [5, 5.41) is 10.5. The number of unbranched alkanes of at least 4 members (excludes halogenated alkanes) is 2. The highest BCUT2D eigenvalue weighted by Gasteiger charge is 2.48. The third kappa shape index (κ3) is 6.98. The second-order valence-electron chi connectivity index (χ2n) is 10.5. The van der Waals surface area contributed by atoms with Crippen LogP contribution in [0.3, 0.4) is 0 Å². The Morgan fingerprint density at radius 1 is 1.00 bits per heavy atom. The van der Waals surface area contributed by atoms with Crippen LogP contribution in [-0.4, -0.2) is 86.6 Å². The highest BCUT2D eigenvalue weighted by Crippen LogP contribution is 2.47. The van der Waals surface area contributed by atoms with E-state index in [1.165, 1.54) is 0 Å². The highest BCUT2D eigenvalue weighted by molar-refractivity contribution is 5.79. The van der Waals surface area contributed by atoms with Crippen LogP contribution in [0.5, 0.6) is 28.7 Å².